The number of rotatable bonds is 6. The van der Waals surface area contributed by atoms with Gasteiger partial charge in [0.25, 0.3) is 0 Å². The maximum Gasteiger partial charge on any atom is 0.228 e. The number of hydrogen-bond donors (Lipinski definition) is 2. The number of carbonyl (C=O) groups is 1. The molecule has 1 amide bonds. The molecule has 0 fully saturated rings. The van der Waals surface area contributed by atoms with Gasteiger partial charge in [-0.3, -0.25) is 9.69 Å². The molecule has 32 heavy (non-hydrogen) atoms. The van der Waals surface area contributed by atoms with Crippen LogP contribution in [0.4, 0.5) is 0 Å². The number of carbonyl (C=O) groups excluding carboxylic acids is 1. The number of nitrogens with one attached hydrogen (secondary N) is 2. The van der Waals surface area contributed by atoms with E-state index < -0.39 is 0 Å². The van der Waals surface area contributed by atoms with Gasteiger partial charge in [-0.05, 0) is 61.1 Å². The zero-order valence-corrected chi connectivity index (χ0v) is 19.0. The summed E-state index contributed by atoms with van der Waals surface area (Å²) < 4.78 is 5.57. The zero-order chi connectivity index (χ0) is 22.2. The third kappa shape index (κ3) is 3.71. The molecule has 1 aromatic heterocycles. The molecule has 0 saturated heterocycles. The Morgan fingerprint density at radius 3 is 2.88 bits per heavy atom. The number of methoxy groups -OCH3 is 1. The monoisotopic (exact) mass is 429 g/mol. The lowest BCUT2D eigenvalue weighted by atomic mass is 9.79. The third-order valence-electron chi connectivity index (χ3n) is 6.75. The molecular formula is C27H31N3O2. The highest BCUT2D eigenvalue weighted by Crippen LogP contribution is 2.41. The first-order chi connectivity index (χ1) is 15.5. The molecule has 1 aliphatic carbocycles. The molecule has 3 aromatic rings. The molecule has 5 nitrogen and oxygen atoms in total. The lowest BCUT2D eigenvalue weighted by Gasteiger charge is -2.41. The van der Waals surface area contributed by atoms with Crippen molar-refractivity contribution in [3.8, 4) is 5.75 Å². The Balaban J connectivity index is 1.49. The van der Waals surface area contributed by atoms with Crippen molar-refractivity contribution in [1.82, 2.24) is 15.2 Å². The molecular weight excluding hydrogens is 398 g/mol. The van der Waals surface area contributed by atoms with Crippen molar-refractivity contribution in [2.24, 2.45) is 5.92 Å². The first kappa shape index (κ1) is 20.8. The van der Waals surface area contributed by atoms with E-state index in [-0.39, 0.29) is 23.9 Å². The van der Waals surface area contributed by atoms with Crippen molar-refractivity contribution < 1.29 is 9.53 Å². The molecule has 0 saturated carbocycles. The number of benzene rings is 2. The SMILES string of the molecule is COc1ccccc1CCN1C[C@H](C(=O)NC(C)C)C=C2c3cccc4[nH]cc(c34)C[C@H]21. The number of para-hydroxylation sites is 1. The summed E-state index contributed by atoms with van der Waals surface area (Å²) in [6.07, 6.45) is 6.23. The maximum atomic E-state index is 13.0. The Morgan fingerprint density at radius 1 is 1.22 bits per heavy atom. The molecule has 0 unspecified atom stereocenters. The number of nitrogens with zero attached hydrogens (tertiary/aromatic N) is 1. The number of aromatic amines is 1. The molecule has 1 aliphatic heterocycles. The van der Waals surface area contributed by atoms with Crippen LogP contribution in [-0.2, 0) is 17.6 Å². The second-order valence-corrected chi connectivity index (χ2v) is 9.21. The Labute approximate surface area is 189 Å². The summed E-state index contributed by atoms with van der Waals surface area (Å²) in [6.45, 7) is 5.65. The van der Waals surface area contributed by atoms with Crippen LogP contribution >= 0.6 is 0 Å². The first-order valence-corrected chi connectivity index (χ1v) is 11.5. The molecule has 166 valence electrons. The van der Waals surface area contributed by atoms with Crippen molar-refractivity contribution >= 4 is 22.4 Å². The molecule has 2 aromatic carbocycles. The van der Waals surface area contributed by atoms with Gasteiger partial charge in [0.05, 0.1) is 13.0 Å². The zero-order valence-electron chi connectivity index (χ0n) is 19.0. The van der Waals surface area contributed by atoms with Crippen LogP contribution in [0.1, 0.15) is 30.5 Å². The Morgan fingerprint density at radius 2 is 2.06 bits per heavy atom. The quantitative estimate of drug-likeness (QED) is 0.618. The molecule has 2 aliphatic rings. The maximum absolute atomic E-state index is 13.0. The summed E-state index contributed by atoms with van der Waals surface area (Å²) in [6, 6.07) is 15.1. The number of amides is 1. The highest BCUT2D eigenvalue weighted by atomic mass is 16.5. The molecule has 2 N–H and O–H groups in total. The number of H-pyrrole nitrogens is 1. The average molecular weight is 430 g/mol. The summed E-state index contributed by atoms with van der Waals surface area (Å²) in [7, 11) is 1.72. The second-order valence-electron chi connectivity index (χ2n) is 9.21. The van der Waals surface area contributed by atoms with Crippen LogP contribution in [0, 0.1) is 5.92 Å². The lowest BCUT2D eigenvalue weighted by molar-refractivity contribution is -0.124. The van der Waals surface area contributed by atoms with E-state index in [0.717, 1.165) is 31.7 Å². The topological polar surface area (TPSA) is 57.4 Å². The van der Waals surface area contributed by atoms with Gasteiger partial charge >= 0.3 is 0 Å². The minimum Gasteiger partial charge on any atom is -0.496 e. The van der Waals surface area contributed by atoms with Crippen molar-refractivity contribution in [3.63, 3.8) is 0 Å². The van der Waals surface area contributed by atoms with Gasteiger partial charge in [0.1, 0.15) is 5.75 Å². The minimum atomic E-state index is -0.155. The van der Waals surface area contributed by atoms with Gasteiger partial charge in [-0.2, -0.15) is 0 Å². The molecule has 2 heterocycles. The summed E-state index contributed by atoms with van der Waals surface area (Å²) in [4.78, 5) is 19.0. The molecule has 0 spiro atoms. The van der Waals surface area contributed by atoms with Crippen molar-refractivity contribution in [2.45, 2.75) is 38.8 Å². The van der Waals surface area contributed by atoms with Gasteiger partial charge in [0.2, 0.25) is 5.91 Å². The first-order valence-electron chi connectivity index (χ1n) is 11.5. The highest BCUT2D eigenvalue weighted by molar-refractivity contribution is 5.99. The van der Waals surface area contributed by atoms with E-state index in [4.69, 9.17) is 4.74 Å². The number of fused-ring (bicyclic) bond motifs is 2. The van der Waals surface area contributed by atoms with Crippen molar-refractivity contribution in [2.75, 3.05) is 20.2 Å². The van der Waals surface area contributed by atoms with Gasteiger partial charge < -0.3 is 15.0 Å². The Hall–Kier alpha value is -3.05. The van der Waals surface area contributed by atoms with E-state index >= 15 is 0 Å². The normalized spacial score (nSPS) is 20.2. The van der Waals surface area contributed by atoms with E-state index in [2.05, 4.69) is 57.8 Å². The fourth-order valence-corrected chi connectivity index (χ4v) is 5.30. The van der Waals surface area contributed by atoms with Crippen LogP contribution in [0.25, 0.3) is 16.5 Å². The number of ether oxygens (including phenoxy) is 1. The van der Waals surface area contributed by atoms with Crippen molar-refractivity contribution in [3.05, 3.63) is 71.4 Å². The summed E-state index contributed by atoms with van der Waals surface area (Å²) in [5, 5.41) is 4.43. The van der Waals surface area contributed by atoms with Crippen LogP contribution in [0.5, 0.6) is 5.75 Å². The fourth-order valence-electron chi connectivity index (χ4n) is 5.30. The van der Waals surface area contributed by atoms with Crippen LogP contribution < -0.4 is 10.1 Å². The standard InChI is InChI=1S/C27H31N3O2/c1-17(2)29-27(31)20-13-22-21-8-6-9-23-26(21)19(15-28-23)14-24(22)30(16-20)12-11-18-7-4-5-10-25(18)32-3/h4-10,13,15,17,20,24,28H,11-12,14,16H2,1-3H3,(H,29,31)/t20-,24-/m1/s1. The number of hydrogen-bond acceptors (Lipinski definition) is 3. The van der Waals surface area contributed by atoms with Gasteiger partial charge in [-0.15, -0.1) is 0 Å². The number of aromatic nitrogens is 1. The molecule has 0 bridgehead atoms. The molecule has 2 atom stereocenters. The summed E-state index contributed by atoms with van der Waals surface area (Å²) >= 11 is 0. The van der Waals surface area contributed by atoms with Crippen LogP contribution in [0.15, 0.2) is 54.7 Å². The minimum absolute atomic E-state index is 0.111. The summed E-state index contributed by atoms with van der Waals surface area (Å²) in [5.41, 5.74) is 6.29. The summed E-state index contributed by atoms with van der Waals surface area (Å²) in [5.74, 6) is 0.882. The van der Waals surface area contributed by atoms with Gasteiger partial charge in [-0.25, -0.2) is 0 Å². The largest absolute Gasteiger partial charge is 0.496 e. The second kappa shape index (κ2) is 8.47. The highest BCUT2D eigenvalue weighted by Gasteiger charge is 2.37. The van der Waals surface area contributed by atoms with Crippen LogP contribution in [0.3, 0.4) is 0 Å². The molecule has 0 radical (unpaired) electrons. The van der Waals surface area contributed by atoms with E-state index in [1.54, 1.807) is 7.11 Å². The fraction of sp³-hybridized carbons (Fsp3) is 0.370. The van der Waals surface area contributed by atoms with Gasteiger partial charge in [0, 0.05) is 42.3 Å². The van der Waals surface area contributed by atoms with E-state index in [1.807, 2.05) is 26.0 Å². The smallest absolute Gasteiger partial charge is 0.228 e. The lowest BCUT2D eigenvalue weighted by Crippen LogP contribution is -2.49. The molecule has 5 heteroatoms. The van der Waals surface area contributed by atoms with Gasteiger partial charge in [-0.1, -0.05) is 36.4 Å². The van der Waals surface area contributed by atoms with E-state index in [1.165, 1.54) is 33.2 Å². The van der Waals surface area contributed by atoms with Crippen molar-refractivity contribution in [1.29, 1.82) is 0 Å². The third-order valence-corrected chi connectivity index (χ3v) is 6.75. The predicted octanol–water partition coefficient (Wildman–Crippen LogP) is 4.18. The average Bonchev–Trinajstić information content (AvgIpc) is 3.21. The van der Waals surface area contributed by atoms with Gasteiger partial charge in [0.15, 0.2) is 0 Å². The van der Waals surface area contributed by atoms with Crippen LogP contribution in [-0.4, -0.2) is 48.1 Å². The van der Waals surface area contributed by atoms with Crippen LogP contribution in [0.2, 0.25) is 0 Å². The van der Waals surface area contributed by atoms with E-state index in [0.29, 0.717) is 0 Å². The Kier molecular flexibility index (Phi) is 5.51. The molecule has 5 rings (SSSR count). The Bertz CT molecular complexity index is 1180. The predicted molar refractivity (Wildman–Crippen MR) is 129 cm³/mol. The van der Waals surface area contributed by atoms with E-state index in [9.17, 15) is 4.79 Å².